The number of carbonyl (C=O) groups excluding carboxylic acids is 1. The Balaban J connectivity index is 0.00000134. The maximum absolute atomic E-state index is 13.2. The minimum atomic E-state index is -1.47. The smallest absolute Gasteiger partial charge is 0.290 e. The third-order valence-corrected chi connectivity index (χ3v) is 3.12. The fourth-order valence-electron chi connectivity index (χ4n) is 2.06. The second-order valence-electron chi connectivity index (χ2n) is 4.91. The molecule has 0 fully saturated rings. The van der Waals surface area contributed by atoms with Crippen LogP contribution in [0.2, 0.25) is 0 Å². The van der Waals surface area contributed by atoms with Crippen LogP contribution in [0.3, 0.4) is 0 Å². The first-order valence-electron chi connectivity index (χ1n) is 6.87. The third kappa shape index (κ3) is 6.05. The maximum Gasteiger partial charge on any atom is 0.290 e. The Morgan fingerprint density at radius 2 is 1.60 bits per heavy atom. The molecule has 140 valence electrons. The SMILES string of the molecule is CC(Cc1ccc(-c2cc(F)c(F)c(F)c2)cc1)N[C-]=O.O=CO.[Fm]. The molecule has 2 rings (SSSR count). The minimum absolute atomic E-state index is 0. The monoisotopic (exact) mass is 595 g/mol. The van der Waals surface area contributed by atoms with Gasteiger partial charge in [-0.25, -0.2) is 13.2 Å². The van der Waals surface area contributed by atoms with Gasteiger partial charge in [-0.1, -0.05) is 24.3 Å². The Hall–Kier alpha value is -3.83. The molecule has 0 aliphatic rings. The average Bonchev–Trinajstić information content (AvgIpc) is 2.54. The van der Waals surface area contributed by atoms with Crippen molar-refractivity contribution < 1.29 is 27.9 Å². The van der Waals surface area contributed by atoms with Gasteiger partial charge in [0, 0.05) is 0 Å². The normalized spacial score (nSPS) is 10.6. The molecule has 2 aromatic rings. The summed E-state index contributed by atoms with van der Waals surface area (Å²) in [4.78, 5) is 18.6. The Bertz CT molecular complexity index is 673. The van der Waals surface area contributed by atoms with E-state index in [2.05, 4.69) is 5.32 Å². The number of rotatable bonds is 5. The minimum Gasteiger partial charge on any atom is -0.527 e. The maximum atomic E-state index is 13.2. The van der Waals surface area contributed by atoms with Gasteiger partial charge in [-0.3, -0.25) is 4.79 Å². The first-order valence-corrected chi connectivity index (χ1v) is 6.87. The van der Waals surface area contributed by atoms with Crippen molar-refractivity contribution in [3.63, 3.8) is 0 Å². The van der Waals surface area contributed by atoms with Crippen LogP contribution in [0.25, 0.3) is 11.1 Å². The van der Waals surface area contributed by atoms with E-state index >= 15 is 0 Å². The van der Waals surface area contributed by atoms with Crippen molar-refractivity contribution in [1.29, 1.82) is 0 Å². The van der Waals surface area contributed by atoms with Crippen LogP contribution in [0.4, 0.5) is 13.2 Å². The molecule has 0 saturated heterocycles. The zero-order valence-electron chi connectivity index (χ0n) is 13.0. The summed E-state index contributed by atoms with van der Waals surface area (Å²) in [6, 6.07) is 8.82. The molecule has 25 heavy (non-hydrogen) atoms. The molecule has 0 saturated carbocycles. The van der Waals surface area contributed by atoms with Gasteiger partial charge in [-0.2, -0.15) is 6.41 Å². The van der Waals surface area contributed by atoms with Crippen molar-refractivity contribution >= 4 is 12.9 Å². The van der Waals surface area contributed by atoms with Gasteiger partial charge >= 0.3 is 0 Å². The van der Waals surface area contributed by atoms with Crippen LogP contribution in [-0.4, -0.2) is 24.0 Å². The van der Waals surface area contributed by atoms with Crippen molar-refractivity contribution in [3.05, 3.63) is 59.4 Å². The topological polar surface area (TPSA) is 66.4 Å². The van der Waals surface area contributed by atoms with Crippen molar-refractivity contribution in [2.24, 2.45) is 0 Å². The van der Waals surface area contributed by atoms with Gasteiger partial charge in [0.15, 0.2) is 17.5 Å². The molecular formula is C17H15F3FmNO3-. The zero-order valence-corrected chi connectivity index (χ0v) is 15.4. The molecule has 0 aromatic heterocycles. The number of hydrogen-bond acceptors (Lipinski definition) is 2. The summed E-state index contributed by atoms with van der Waals surface area (Å²) < 4.78 is 39.3. The fraction of sp³-hybridized carbons (Fsp3) is 0.176. The molecule has 0 aliphatic carbocycles. The molecule has 1 unspecified atom stereocenters. The number of nitrogens with one attached hydrogen (secondary N) is 1. The van der Waals surface area contributed by atoms with E-state index in [1.54, 1.807) is 30.7 Å². The fourth-order valence-corrected chi connectivity index (χ4v) is 2.06. The molecule has 8 heteroatoms. The summed E-state index contributed by atoms with van der Waals surface area (Å²) in [5.74, 6) is -3.90. The molecule has 2 aromatic carbocycles. The Morgan fingerprint density at radius 3 is 2.04 bits per heavy atom. The van der Waals surface area contributed by atoms with Crippen molar-refractivity contribution in [2.75, 3.05) is 0 Å². The Labute approximate surface area is 136 Å². The van der Waals surface area contributed by atoms with Crippen LogP contribution < -0.4 is 5.32 Å². The Morgan fingerprint density at radius 1 is 1.12 bits per heavy atom. The van der Waals surface area contributed by atoms with Gasteiger partial charge in [0.2, 0.25) is 0 Å². The van der Waals surface area contributed by atoms with E-state index < -0.39 is 17.5 Å². The molecule has 1 atom stereocenters. The molecule has 1 amide bonds. The molecule has 0 spiro atoms. The molecule has 4 nitrogen and oxygen atoms in total. The molecular weight excluding hydrogens is 580 g/mol. The second kappa shape index (κ2) is 10.0. The van der Waals surface area contributed by atoms with E-state index in [1.165, 1.54) is 0 Å². The van der Waals surface area contributed by atoms with Crippen molar-refractivity contribution in [2.45, 2.75) is 19.4 Å². The van der Waals surface area contributed by atoms with E-state index in [0.29, 0.717) is 12.0 Å². The molecule has 0 radical (unpaired) electrons. The first-order chi connectivity index (χ1) is 11.4. The van der Waals surface area contributed by atoms with Gasteiger partial charge < -0.3 is 15.2 Å². The average molecular weight is 595 g/mol. The van der Waals surface area contributed by atoms with E-state index in [9.17, 15) is 18.0 Å². The van der Waals surface area contributed by atoms with Crippen LogP contribution in [0.15, 0.2) is 36.4 Å². The van der Waals surface area contributed by atoms with Crippen LogP contribution in [0.5, 0.6) is 0 Å². The third-order valence-electron chi connectivity index (χ3n) is 3.12. The molecule has 0 aliphatic heterocycles. The van der Waals surface area contributed by atoms with E-state index in [-0.39, 0.29) is 18.1 Å². The molecule has 0 heterocycles. The van der Waals surface area contributed by atoms with Gasteiger partial charge in [-0.15, -0.1) is 0 Å². The summed E-state index contributed by atoms with van der Waals surface area (Å²) >= 11 is 0. The van der Waals surface area contributed by atoms with E-state index in [1.807, 2.05) is 6.92 Å². The van der Waals surface area contributed by atoms with Gasteiger partial charge in [0.05, 0.1) is 0 Å². The van der Waals surface area contributed by atoms with Crippen LogP contribution in [0.1, 0.15) is 12.5 Å². The van der Waals surface area contributed by atoms with E-state index in [4.69, 9.17) is 9.90 Å². The van der Waals surface area contributed by atoms with Gasteiger partial charge in [0.25, 0.3) is 6.47 Å². The number of halogens is 3. The number of carbonyl (C=O) groups is 1. The van der Waals surface area contributed by atoms with Gasteiger partial charge in [0.1, 0.15) is 0 Å². The summed E-state index contributed by atoms with van der Waals surface area (Å²) in [5.41, 5.74) is 1.81. The molecule has 2 N–H and O–H groups in total. The number of carboxylic acid groups (broad SMARTS) is 1. The zero-order chi connectivity index (χ0) is 18.1. The van der Waals surface area contributed by atoms with Gasteiger partial charge in [-0.05, 0) is 48.2 Å². The predicted octanol–water partition coefficient (Wildman–Crippen LogP) is 3.06. The number of benzene rings is 2. The van der Waals surface area contributed by atoms with E-state index in [0.717, 1.165) is 17.7 Å². The standard InChI is InChI=1S/C16H13F3NO.CH2O2.Fm/c1-10(20-9-21)6-11-2-4-12(5-3-11)13-7-14(17)16(19)15(18)8-13;2-1-3;/h2-5,7-8,10H,6H2,1H3,(H,20,21);1H,(H,2,3);/q-1;;. The van der Waals surface area contributed by atoms with Crippen molar-refractivity contribution in [1.82, 2.24) is 5.32 Å². The quantitative estimate of drug-likeness (QED) is 0.242. The first kappa shape index (κ1) is 21.2. The summed E-state index contributed by atoms with van der Waals surface area (Å²) in [5, 5.41) is 9.40. The molecule has 0 bridgehead atoms. The van der Waals surface area contributed by atoms with Crippen LogP contribution in [-0.2, 0) is 16.0 Å². The van der Waals surface area contributed by atoms with Crippen LogP contribution >= 0.6 is 0 Å². The van der Waals surface area contributed by atoms with Crippen LogP contribution in [0, 0.1) is 17.5 Å². The largest absolute Gasteiger partial charge is 0.527 e. The second-order valence-corrected chi connectivity index (χ2v) is 4.91. The predicted molar refractivity (Wildman–Crippen MR) is 82.4 cm³/mol. The number of hydrogen-bond donors (Lipinski definition) is 2. The summed E-state index contributed by atoms with van der Waals surface area (Å²) in [7, 11) is 0. The van der Waals surface area contributed by atoms with Crippen molar-refractivity contribution in [3.8, 4) is 11.1 Å². The number of amides is 1. The summed E-state index contributed by atoms with van der Waals surface area (Å²) in [6.45, 7) is 1.59. The Kier molecular flexibility index (Phi) is 8.50. The summed E-state index contributed by atoms with van der Waals surface area (Å²) in [6.07, 6.45) is 2.24.